The summed E-state index contributed by atoms with van der Waals surface area (Å²) in [5, 5.41) is 1.68. The highest BCUT2D eigenvalue weighted by atomic mass is 28.2. The topological polar surface area (TPSA) is 12.0 Å². The van der Waals surface area contributed by atoms with E-state index in [-0.39, 0.29) is 0 Å². The third kappa shape index (κ3) is 1.43. The maximum Gasteiger partial charge on any atom is 0.175 e. The fraction of sp³-hybridized carbons (Fsp3) is 0.500. The summed E-state index contributed by atoms with van der Waals surface area (Å²) in [7, 11) is 0.882. The predicted octanol–water partition coefficient (Wildman–Crippen LogP) is 2.01. The third-order valence-electron chi connectivity index (χ3n) is 3.50. The smallest absolute Gasteiger partial charge is 0.175 e. The van der Waals surface area contributed by atoms with Crippen LogP contribution in [0.5, 0.6) is 0 Å². The molecule has 0 aromatic rings. The van der Waals surface area contributed by atoms with Gasteiger partial charge in [-0.15, -0.1) is 0 Å². The molecule has 2 atom stereocenters. The molecule has 0 spiro atoms. The summed E-state index contributed by atoms with van der Waals surface area (Å²) in [6, 6.07) is 0. The molecule has 2 heteroatoms. The van der Waals surface area contributed by atoms with Crippen molar-refractivity contribution in [2.24, 2.45) is 11.8 Å². The Hall–Kier alpha value is -0.603. The van der Waals surface area contributed by atoms with E-state index in [0.29, 0.717) is 0 Å². The molecular formula is C12H15NSi. The van der Waals surface area contributed by atoms with Crippen LogP contribution in [0.25, 0.3) is 0 Å². The second-order valence-electron chi connectivity index (χ2n) is 4.40. The maximum atomic E-state index is 3.49. The Kier molecular flexibility index (Phi) is 2.18. The van der Waals surface area contributed by atoms with Gasteiger partial charge in [0.15, 0.2) is 9.68 Å². The minimum atomic E-state index is 0.830. The first-order chi connectivity index (χ1) is 6.93. The van der Waals surface area contributed by atoms with Gasteiger partial charge in [0.2, 0.25) is 0 Å². The highest BCUT2D eigenvalue weighted by Crippen LogP contribution is 2.38. The molecule has 0 saturated carbocycles. The standard InChI is InChI=1S/C12H15NSi/c1-2-4-10-8-12-11(5-6-13-14-12)7-9(10)3-1/h1-2,4,8-9,11,13H,3,5-7H2. The van der Waals surface area contributed by atoms with Crippen LogP contribution in [-0.4, -0.2) is 16.2 Å². The number of rotatable bonds is 0. The van der Waals surface area contributed by atoms with E-state index in [1.165, 1.54) is 25.8 Å². The lowest BCUT2D eigenvalue weighted by Crippen LogP contribution is -2.36. The minimum Gasteiger partial charge on any atom is -0.336 e. The summed E-state index contributed by atoms with van der Waals surface area (Å²) in [5.41, 5.74) is 1.58. The average Bonchev–Trinajstić information content (AvgIpc) is 2.26. The van der Waals surface area contributed by atoms with E-state index in [4.69, 9.17) is 0 Å². The number of nitrogens with one attached hydrogen (secondary N) is 1. The first kappa shape index (κ1) is 8.68. The summed E-state index contributed by atoms with van der Waals surface area (Å²) >= 11 is 0. The van der Waals surface area contributed by atoms with Gasteiger partial charge in [-0.3, -0.25) is 0 Å². The van der Waals surface area contributed by atoms with Crippen LogP contribution in [0.2, 0.25) is 0 Å². The second kappa shape index (κ2) is 3.52. The normalized spacial score (nSPS) is 35.4. The first-order valence-corrected chi connectivity index (χ1v) is 6.50. The van der Waals surface area contributed by atoms with Crippen molar-refractivity contribution in [1.29, 1.82) is 0 Å². The Morgan fingerprint density at radius 1 is 1.36 bits per heavy atom. The van der Waals surface area contributed by atoms with Crippen molar-refractivity contribution in [1.82, 2.24) is 4.98 Å². The zero-order valence-corrected chi connectivity index (χ0v) is 9.29. The molecule has 1 N–H and O–H groups in total. The summed E-state index contributed by atoms with van der Waals surface area (Å²) < 4.78 is 0. The molecule has 0 aromatic heterocycles. The van der Waals surface area contributed by atoms with Gasteiger partial charge in [0, 0.05) is 0 Å². The van der Waals surface area contributed by atoms with Crippen LogP contribution >= 0.6 is 0 Å². The minimum absolute atomic E-state index is 0.830. The third-order valence-corrected chi connectivity index (χ3v) is 4.77. The van der Waals surface area contributed by atoms with Gasteiger partial charge in [-0.25, -0.2) is 0 Å². The molecular weight excluding hydrogens is 186 g/mol. The van der Waals surface area contributed by atoms with E-state index in [2.05, 4.69) is 29.3 Å². The van der Waals surface area contributed by atoms with Crippen molar-refractivity contribution in [3.8, 4) is 0 Å². The number of hydrogen-bond acceptors (Lipinski definition) is 1. The molecule has 1 aliphatic heterocycles. The van der Waals surface area contributed by atoms with Crippen LogP contribution in [0, 0.1) is 11.8 Å². The van der Waals surface area contributed by atoms with Gasteiger partial charge in [0.05, 0.1) is 0 Å². The van der Waals surface area contributed by atoms with Crippen molar-refractivity contribution in [2.75, 3.05) is 6.54 Å². The maximum absolute atomic E-state index is 3.49. The van der Waals surface area contributed by atoms with Crippen LogP contribution in [0.1, 0.15) is 19.3 Å². The van der Waals surface area contributed by atoms with Crippen LogP contribution in [0.4, 0.5) is 0 Å². The van der Waals surface area contributed by atoms with E-state index < -0.39 is 0 Å². The molecule has 3 aliphatic rings. The molecule has 72 valence electrons. The summed E-state index contributed by atoms with van der Waals surface area (Å²) in [6.07, 6.45) is 13.3. The summed E-state index contributed by atoms with van der Waals surface area (Å²) in [5.74, 6) is 1.72. The van der Waals surface area contributed by atoms with Crippen LogP contribution in [-0.2, 0) is 0 Å². The zero-order chi connectivity index (χ0) is 9.38. The predicted molar refractivity (Wildman–Crippen MR) is 59.9 cm³/mol. The monoisotopic (exact) mass is 201 g/mol. The fourth-order valence-electron chi connectivity index (χ4n) is 2.68. The van der Waals surface area contributed by atoms with Crippen molar-refractivity contribution < 1.29 is 0 Å². The number of fused-ring (bicyclic) bond motifs is 2. The molecule has 1 saturated heterocycles. The Bertz CT molecular complexity index is 327. The first-order valence-electron chi connectivity index (χ1n) is 5.50. The Morgan fingerprint density at radius 3 is 3.36 bits per heavy atom. The van der Waals surface area contributed by atoms with Crippen LogP contribution in [0.15, 0.2) is 35.1 Å². The van der Waals surface area contributed by atoms with Gasteiger partial charge in [-0.05, 0) is 43.2 Å². The Labute approximate surface area is 87.9 Å². The van der Waals surface area contributed by atoms with Crippen molar-refractivity contribution in [3.63, 3.8) is 0 Å². The van der Waals surface area contributed by atoms with Gasteiger partial charge in [-0.1, -0.05) is 29.5 Å². The molecule has 1 fully saturated rings. The molecule has 0 bridgehead atoms. The van der Waals surface area contributed by atoms with E-state index in [1.807, 2.05) is 0 Å². The lowest BCUT2D eigenvalue weighted by atomic mass is 9.78. The highest BCUT2D eigenvalue weighted by Gasteiger charge is 2.29. The molecule has 1 heterocycles. The molecule has 2 radical (unpaired) electrons. The largest absolute Gasteiger partial charge is 0.336 e. The number of allylic oxidation sites excluding steroid dienone is 6. The van der Waals surface area contributed by atoms with Gasteiger partial charge in [-0.2, -0.15) is 0 Å². The molecule has 2 unspecified atom stereocenters. The molecule has 0 amide bonds. The van der Waals surface area contributed by atoms with Gasteiger partial charge < -0.3 is 4.98 Å². The van der Waals surface area contributed by atoms with Crippen molar-refractivity contribution in [2.45, 2.75) is 19.3 Å². The summed E-state index contributed by atoms with van der Waals surface area (Å²) in [6.45, 7) is 1.22. The molecule has 3 rings (SSSR count). The fourth-order valence-corrected chi connectivity index (χ4v) is 3.86. The van der Waals surface area contributed by atoms with Gasteiger partial charge >= 0.3 is 0 Å². The van der Waals surface area contributed by atoms with Crippen LogP contribution in [0.3, 0.4) is 0 Å². The van der Waals surface area contributed by atoms with E-state index in [0.717, 1.165) is 21.5 Å². The van der Waals surface area contributed by atoms with Gasteiger partial charge in [0.1, 0.15) is 0 Å². The highest BCUT2D eigenvalue weighted by molar-refractivity contribution is 6.43. The SMILES string of the molecule is C1=CCC2CC3CCN[Si]C3=CC2=C1. The van der Waals surface area contributed by atoms with E-state index in [9.17, 15) is 0 Å². The average molecular weight is 201 g/mol. The second-order valence-corrected chi connectivity index (χ2v) is 5.58. The molecule has 14 heavy (non-hydrogen) atoms. The van der Waals surface area contributed by atoms with Crippen molar-refractivity contribution in [3.05, 3.63) is 35.1 Å². The van der Waals surface area contributed by atoms with Gasteiger partial charge in [0.25, 0.3) is 0 Å². The quantitative estimate of drug-likeness (QED) is 0.591. The molecule has 0 aromatic carbocycles. The molecule has 1 nitrogen and oxygen atoms in total. The summed E-state index contributed by atoms with van der Waals surface area (Å²) in [4.78, 5) is 3.49. The lowest BCUT2D eigenvalue weighted by molar-refractivity contribution is 0.417. The lowest BCUT2D eigenvalue weighted by Gasteiger charge is -2.35. The Balaban J connectivity index is 1.92. The molecule has 2 aliphatic carbocycles. The van der Waals surface area contributed by atoms with Crippen LogP contribution < -0.4 is 4.98 Å². The number of hydrogen-bond donors (Lipinski definition) is 1. The zero-order valence-electron chi connectivity index (χ0n) is 8.29. The Morgan fingerprint density at radius 2 is 2.36 bits per heavy atom. The van der Waals surface area contributed by atoms with E-state index >= 15 is 0 Å². The van der Waals surface area contributed by atoms with Crippen molar-refractivity contribution >= 4 is 9.68 Å². The van der Waals surface area contributed by atoms with E-state index in [1.54, 1.807) is 10.8 Å².